The molecule has 2 aromatic heterocycles. The van der Waals surface area contributed by atoms with Crippen molar-refractivity contribution >= 4 is 22.3 Å². The SMILES string of the molecule is CN1CC(c2ncnc3[nH]ccc23)=CN1C(CC#N)c1cccc(N)c1. The van der Waals surface area contributed by atoms with Gasteiger partial charge in [-0.15, -0.1) is 0 Å². The first-order valence-corrected chi connectivity index (χ1v) is 8.38. The minimum absolute atomic E-state index is 0.102. The van der Waals surface area contributed by atoms with E-state index in [2.05, 4.69) is 37.2 Å². The number of anilines is 1. The first-order valence-electron chi connectivity index (χ1n) is 8.38. The van der Waals surface area contributed by atoms with Crippen molar-refractivity contribution in [2.24, 2.45) is 0 Å². The molecule has 0 radical (unpaired) electrons. The Labute approximate surface area is 151 Å². The Morgan fingerprint density at radius 2 is 2.23 bits per heavy atom. The summed E-state index contributed by atoms with van der Waals surface area (Å²) in [6.07, 6.45) is 5.87. The van der Waals surface area contributed by atoms with E-state index in [9.17, 15) is 5.26 Å². The van der Waals surface area contributed by atoms with Gasteiger partial charge in [0.05, 0.1) is 24.2 Å². The second-order valence-corrected chi connectivity index (χ2v) is 6.36. The van der Waals surface area contributed by atoms with Crippen molar-refractivity contribution in [1.29, 1.82) is 5.26 Å². The topological polar surface area (TPSA) is 97.9 Å². The van der Waals surface area contributed by atoms with Crippen LogP contribution in [0.15, 0.2) is 49.1 Å². The van der Waals surface area contributed by atoms with E-state index in [4.69, 9.17) is 5.73 Å². The van der Waals surface area contributed by atoms with Gasteiger partial charge in [0.25, 0.3) is 0 Å². The first kappa shape index (κ1) is 16.1. The van der Waals surface area contributed by atoms with E-state index in [1.54, 1.807) is 6.33 Å². The maximum absolute atomic E-state index is 9.34. The second-order valence-electron chi connectivity index (χ2n) is 6.36. The maximum Gasteiger partial charge on any atom is 0.141 e. The largest absolute Gasteiger partial charge is 0.399 e. The lowest BCUT2D eigenvalue weighted by molar-refractivity contribution is 0.0387. The highest BCUT2D eigenvalue weighted by atomic mass is 15.6. The predicted molar refractivity (Wildman–Crippen MR) is 100 cm³/mol. The van der Waals surface area contributed by atoms with E-state index in [-0.39, 0.29) is 6.04 Å². The van der Waals surface area contributed by atoms with Gasteiger partial charge in [-0.3, -0.25) is 0 Å². The third-order valence-corrected chi connectivity index (χ3v) is 4.64. The molecule has 0 spiro atoms. The van der Waals surface area contributed by atoms with Gasteiger partial charge in [0.15, 0.2) is 0 Å². The summed E-state index contributed by atoms with van der Waals surface area (Å²) >= 11 is 0. The molecule has 0 saturated carbocycles. The molecule has 3 heterocycles. The Morgan fingerprint density at radius 3 is 3.04 bits per heavy atom. The molecule has 0 amide bonds. The number of aromatic nitrogens is 3. The molecule has 7 nitrogen and oxygen atoms in total. The molecule has 130 valence electrons. The summed E-state index contributed by atoms with van der Waals surface area (Å²) in [5.41, 5.74) is 10.5. The molecule has 0 aliphatic carbocycles. The molecule has 1 atom stereocenters. The smallest absolute Gasteiger partial charge is 0.141 e. The number of nitriles is 1. The number of nitrogens with one attached hydrogen (secondary N) is 1. The van der Waals surface area contributed by atoms with Gasteiger partial charge in [-0.2, -0.15) is 5.26 Å². The molecule has 3 aromatic rings. The Kier molecular flexibility index (Phi) is 4.03. The fourth-order valence-corrected chi connectivity index (χ4v) is 3.44. The van der Waals surface area contributed by atoms with Crippen LogP contribution in [0.2, 0.25) is 0 Å². The quantitative estimate of drug-likeness (QED) is 0.706. The lowest BCUT2D eigenvalue weighted by atomic mass is 10.0. The predicted octanol–water partition coefficient (Wildman–Crippen LogP) is 2.70. The van der Waals surface area contributed by atoms with Crippen LogP contribution in [0.25, 0.3) is 16.6 Å². The van der Waals surface area contributed by atoms with Crippen molar-refractivity contribution in [3.05, 3.63) is 60.3 Å². The minimum Gasteiger partial charge on any atom is -0.399 e. The summed E-state index contributed by atoms with van der Waals surface area (Å²) in [5, 5.41) is 14.5. The fourth-order valence-electron chi connectivity index (χ4n) is 3.44. The number of nitrogens with two attached hydrogens (primary N) is 1. The van der Waals surface area contributed by atoms with E-state index >= 15 is 0 Å². The number of hydrogen-bond acceptors (Lipinski definition) is 6. The highest BCUT2D eigenvalue weighted by molar-refractivity contribution is 5.88. The van der Waals surface area contributed by atoms with Crippen LogP contribution in [0, 0.1) is 11.3 Å². The molecule has 1 aliphatic rings. The third-order valence-electron chi connectivity index (χ3n) is 4.64. The van der Waals surface area contributed by atoms with Gasteiger partial charge in [-0.05, 0) is 23.8 Å². The second kappa shape index (κ2) is 6.50. The van der Waals surface area contributed by atoms with Crippen molar-refractivity contribution < 1.29 is 0 Å². The van der Waals surface area contributed by atoms with Gasteiger partial charge in [-0.25, -0.2) is 15.0 Å². The zero-order valence-electron chi connectivity index (χ0n) is 14.4. The molecule has 26 heavy (non-hydrogen) atoms. The molecule has 7 heteroatoms. The molecule has 1 aliphatic heterocycles. The van der Waals surface area contributed by atoms with Crippen molar-refractivity contribution in [3.63, 3.8) is 0 Å². The highest BCUT2D eigenvalue weighted by Crippen LogP contribution is 2.34. The lowest BCUT2D eigenvalue weighted by Gasteiger charge is -2.32. The summed E-state index contributed by atoms with van der Waals surface area (Å²) in [7, 11) is 2.01. The zero-order chi connectivity index (χ0) is 18.1. The molecule has 0 bridgehead atoms. The molecule has 0 saturated heterocycles. The molecule has 1 aromatic carbocycles. The van der Waals surface area contributed by atoms with Crippen LogP contribution < -0.4 is 5.73 Å². The standard InChI is InChI=1S/C19H19N7/c1-25-10-14(18-16-6-8-22-19(16)24-12-23-18)11-26(25)17(5-7-20)13-3-2-4-15(21)9-13/h2-4,6,8-9,11-12,17H,5,10,21H2,1H3,(H,22,23,24). The van der Waals surface area contributed by atoms with Gasteiger partial charge in [0.2, 0.25) is 0 Å². The van der Waals surface area contributed by atoms with Crippen LogP contribution in [0.3, 0.4) is 0 Å². The Bertz CT molecular complexity index is 1010. The lowest BCUT2D eigenvalue weighted by Crippen LogP contribution is -2.35. The summed E-state index contributed by atoms with van der Waals surface area (Å²) in [4.78, 5) is 11.9. The Hall–Kier alpha value is -3.37. The van der Waals surface area contributed by atoms with E-state index < -0.39 is 0 Å². The number of likely N-dealkylation sites (N-methyl/N-ethyl adjacent to an activating group) is 1. The van der Waals surface area contributed by atoms with Crippen LogP contribution in [-0.2, 0) is 0 Å². The van der Waals surface area contributed by atoms with Gasteiger partial charge in [0.1, 0.15) is 12.0 Å². The molecular formula is C19H19N7. The average molecular weight is 345 g/mol. The Morgan fingerprint density at radius 1 is 1.35 bits per heavy atom. The van der Waals surface area contributed by atoms with Crippen molar-refractivity contribution in [2.75, 3.05) is 19.3 Å². The minimum atomic E-state index is -0.102. The number of nitrogen functional groups attached to an aromatic ring is 1. The molecule has 4 rings (SSSR count). The molecule has 0 fully saturated rings. The van der Waals surface area contributed by atoms with E-state index in [0.29, 0.717) is 18.7 Å². The number of aromatic amines is 1. The average Bonchev–Trinajstić information content (AvgIpc) is 3.26. The zero-order valence-corrected chi connectivity index (χ0v) is 14.4. The highest BCUT2D eigenvalue weighted by Gasteiger charge is 2.28. The normalized spacial score (nSPS) is 15.8. The van der Waals surface area contributed by atoms with Crippen LogP contribution >= 0.6 is 0 Å². The number of benzene rings is 1. The van der Waals surface area contributed by atoms with Crippen LogP contribution in [-0.4, -0.2) is 38.6 Å². The number of rotatable bonds is 4. The Balaban J connectivity index is 1.74. The fraction of sp³-hybridized carbons (Fsp3) is 0.211. The van der Waals surface area contributed by atoms with Gasteiger partial charge < -0.3 is 15.7 Å². The maximum atomic E-state index is 9.34. The third kappa shape index (κ3) is 2.76. The summed E-state index contributed by atoms with van der Waals surface area (Å²) in [5.74, 6) is 0. The van der Waals surface area contributed by atoms with Crippen LogP contribution in [0.5, 0.6) is 0 Å². The summed E-state index contributed by atoms with van der Waals surface area (Å²) in [6.45, 7) is 0.710. The van der Waals surface area contributed by atoms with Crippen LogP contribution in [0.4, 0.5) is 5.69 Å². The summed E-state index contributed by atoms with van der Waals surface area (Å²) < 4.78 is 0. The number of hydrazine groups is 1. The van der Waals surface area contributed by atoms with Gasteiger partial charge in [-0.1, -0.05) is 12.1 Å². The van der Waals surface area contributed by atoms with Crippen LogP contribution in [0.1, 0.15) is 23.7 Å². The monoisotopic (exact) mass is 345 g/mol. The molecule has 1 unspecified atom stereocenters. The van der Waals surface area contributed by atoms with E-state index in [1.165, 1.54) is 0 Å². The summed E-state index contributed by atoms with van der Waals surface area (Å²) in [6, 6.07) is 11.9. The van der Waals surface area contributed by atoms with Crippen molar-refractivity contribution in [1.82, 2.24) is 25.0 Å². The van der Waals surface area contributed by atoms with E-state index in [1.807, 2.05) is 43.6 Å². The number of nitrogens with zero attached hydrogens (tertiary/aromatic N) is 5. The molecule has 3 N–H and O–H groups in total. The molecular weight excluding hydrogens is 326 g/mol. The number of H-pyrrole nitrogens is 1. The number of hydrogen-bond donors (Lipinski definition) is 2. The van der Waals surface area contributed by atoms with Crippen molar-refractivity contribution in [3.8, 4) is 6.07 Å². The van der Waals surface area contributed by atoms with Gasteiger partial charge in [0, 0.05) is 42.6 Å². The van der Waals surface area contributed by atoms with Crippen molar-refractivity contribution in [2.45, 2.75) is 12.5 Å². The first-order chi connectivity index (χ1) is 12.7. The number of fused-ring (bicyclic) bond motifs is 1. The van der Waals surface area contributed by atoms with Gasteiger partial charge >= 0.3 is 0 Å². The van der Waals surface area contributed by atoms with E-state index in [0.717, 1.165) is 27.9 Å².